The van der Waals surface area contributed by atoms with E-state index < -0.39 is 0 Å². The van der Waals surface area contributed by atoms with E-state index in [1.165, 1.54) is 18.4 Å². The average Bonchev–Trinajstić information content (AvgIpc) is 3.05. The lowest BCUT2D eigenvalue weighted by Crippen LogP contribution is -2.13. The second-order valence-corrected chi connectivity index (χ2v) is 5.54. The molecule has 0 amide bonds. The van der Waals surface area contributed by atoms with Crippen LogP contribution in [0.2, 0.25) is 0 Å². The SMILES string of the molecule is CCC1CCC(C(=O)c2cccc3c2OCC3)C1. The van der Waals surface area contributed by atoms with Crippen LogP contribution in [0, 0.1) is 11.8 Å². The fraction of sp³-hybridized carbons (Fsp3) is 0.562. The molecule has 1 saturated carbocycles. The molecule has 18 heavy (non-hydrogen) atoms. The monoisotopic (exact) mass is 244 g/mol. The molecule has 1 heterocycles. The van der Waals surface area contributed by atoms with Gasteiger partial charge in [-0.25, -0.2) is 0 Å². The van der Waals surface area contributed by atoms with Crippen LogP contribution in [0.5, 0.6) is 5.75 Å². The number of Topliss-reactive ketones (excluding diaryl/α,β-unsaturated/α-hetero) is 1. The minimum atomic E-state index is 0.227. The average molecular weight is 244 g/mol. The molecule has 1 fully saturated rings. The number of carbonyl (C=O) groups is 1. The van der Waals surface area contributed by atoms with Crippen molar-refractivity contribution < 1.29 is 9.53 Å². The topological polar surface area (TPSA) is 26.3 Å². The molecule has 0 bridgehead atoms. The minimum Gasteiger partial charge on any atom is -0.492 e. The molecule has 3 rings (SSSR count). The Morgan fingerprint density at radius 2 is 2.28 bits per heavy atom. The van der Waals surface area contributed by atoms with Crippen LogP contribution in [0.15, 0.2) is 18.2 Å². The highest BCUT2D eigenvalue weighted by atomic mass is 16.5. The van der Waals surface area contributed by atoms with Gasteiger partial charge in [-0.05, 0) is 36.8 Å². The lowest BCUT2D eigenvalue weighted by Gasteiger charge is -2.12. The second kappa shape index (κ2) is 4.75. The molecule has 0 spiro atoms. The first-order chi connectivity index (χ1) is 8.79. The Kier molecular flexibility index (Phi) is 3.11. The molecule has 2 unspecified atom stereocenters. The van der Waals surface area contributed by atoms with Gasteiger partial charge in [0.25, 0.3) is 0 Å². The maximum absolute atomic E-state index is 12.6. The van der Waals surface area contributed by atoms with Crippen molar-refractivity contribution in [2.24, 2.45) is 11.8 Å². The highest BCUT2D eigenvalue weighted by Gasteiger charge is 2.32. The molecule has 0 radical (unpaired) electrons. The van der Waals surface area contributed by atoms with Crippen LogP contribution >= 0.6 is 0 Å². The normalized spacial score (nSPS) is 25.8. The summed E-state index contributed by atoms with van der Waals surface area (Å²) in [4.78, 5) is 12.6. The van der Waals surface area contributed by atoms with E-state index in [0.717, 1.165) is 43.1 Å². The molecule has 1 aromatic carbocycles. The number of para-hydroxylation sites is 1. The summed E-state index contributed by atoms with van der Waals surface area (Å²) in [6, 6.07) is 6.00. The van der Waals surface area contributed by atoms with Gasteiger partial charge in [0.1, 0.15) is 5.75 Å². The van der Waals surface area contributed by atoms with Crippen LogP contribution in [0.25, 0.3) is 0 Å². The van der Waals surface area contributed by atoms with Gasteiger partial charge in [-0.2, -0.15) is 0 Å². The van der Waals surface area contributed by atoms with E-state index in [2.05, 4.69) is 13.0 Å². The summed E-state index contributed by atoms with van der Waals surface area (Å²) in [6.45, 7) is 2.95. The Balaban J connectivity index is 1.83. The van der Waals surface area contributed by atoms with Gasteiger partial charge >= 0.3 is 0 Å². The summed E-state index contributed by atoms with van der Waals surface area (Å²) in [5, 5.41) is 0. The van der Waals surface area contributed by atoms with Crippen molar-refractivity contribution in [3.05, 3.63) is 29.3 Å². The Bertz CT molecular complexity index is 464. The number of rotatable bonds is 3. The summed E-state index contributed by atoms with van der Waals surface area (Å²) >= 11 is 0. The second-order valence-electron chi connectivity index (χ2n) is 5.54. The third kappa shape index (κ3) is 1.94. The fourth-order valence-corrected chi connectivity index (χ4v) is 3.31. The third-order valence-electron chi connectivity index (χ3n) is 4.47. The van der Waals surface area contributed by atoms with Gasteiger partial charge in [0.05, 0.1) is 12.2 Å². The van der Waals surface area contributed by atoms with Gasteiger partial charge < -0.3 is 4.74 Å². The smallest absolute Gasteiger partial charge is 0.169 e. The predicted octanol–water partition coefficient (Wildman–Crippen LogP) is 3.63. The molecule has 2 nitrogen and oxygen atoms in total. The first-order valence-electron chi connectivity index (χ1n) is 7.08. The van der Waals surface area contributed by atoms with Gasteiger partial charge in [0, 0.05) is 12.3 Å². The van der Waals surface area contributed by atoms with Crippen molar-refractivity contribution >= 4 is 5.78 Å². The van der Waals surface area contributed by atoms with Crippen molar-refractivity contribution in [2.75, 3.05) is 6.61 Å². The maximum Gasteiger partial charge on any atom is 0.169 e. The summed E-state index contributed by atoms with van der Waals surface area (Å²) in [7, 11) is 0. The molecule has 0 aromatic heterocycles. The zero-order valence-corrected chi connectivity index (χ0v) is 10.9. The van der Waals surface area contributed by atoms with Crippen LogP contribution in [-0.2, 0) is 6.42 Å². The lowest BCUT2D eigenvalue weighted by atomic mass is 9.93. The zero-order chi connectivity index (χ0) is 12.5. The highest BCUT2D eigenvalue weighted by Crippen LogP contribution is 2.38. The van der Waals surface area contributed by atoms with E-state index in [1.807, 2.05) is 12.1 Å². The van der Waals surface area contributed by atoms with E-state index in [0.29, 0.717) is 5.78 Å². The summed E-state index contributed by atoms with van der Waals surface area (Å²) in [5.41, 5.74) is 2.03. The number of benzene rings is 1. The Labute approximate surface area is 108 Å². The Morgan fingerprint density at radius 1 is 1.39 bits per heavy atom. The van der Waals surface area contributed by atoms with E-state index in [4.69, 9.17) is 4.74 Å². The molecule has 0 saturated heterocycles. The standard InChI is InChI=1S/C16H20O2/c1-2-11-6-7-13(10-11)15(17)14-5-3-4-12-8-9-18-16(12)14/h3-5,11,13H,2,6-10H2,1H3. The number of carbonyl (C=O) groups excluding carboxylic acids is 1. The van der Waals surface area contributed by atoms with Gasteiger partial charge in [-0.3, -0.25) is 4.79 Å². The first kappa shape index (κ1) is 11.8. The van der Waals surface area contributed by atoms with Gasteiger partial charge in [0.2, 0.25) is 0 Å². The summed E-state index contributed by atoms with van der Waals surface area (Å²) in [6.07, 6.45) is 5.48. The number of fused-ring (bicyclic) bond motifs is 1. The quantitative estimate of drug-likeness (QED) is 0.759. The van der Waals surface area contributed by atoms with Crippen LogP contribution in [0.3, 0.4) is 0 Å². The molecule has 1 aliphatic carbocycles. The largest absolute Gasteiger partial charge is 0.492 e. The number of ketones is 1. The molecule has 2 atom stereocenters. The Hall–Kier alpha value is -1.31. The molecular weight excluding hydrogens is 224 g/mol. The van der Waals surface area contributed by atoms with Crippen LogP contribution < -0.4 is 4.74 Å². The van der Waals surface area contributed by atoms with Crippen LogP contribution in [-0.4, -0.2) is 12.4 Å². The van der Waals surface area contributed by atoms with Crippen LogP contribution in [0.4, 0.5) is 0 Å². The van der Waals surface area contributed by atoms with E-state index in [-0.39, 0.29) is 5.92 Å². The molecule has 2 aliphatic rings. The molecule has 1 aromatic rings. The van der Waals surface area contributed by atoms with Crippen LogP contribution in [0.1, 0.15) is 48.5 Å². The molecule has 96 valence electrons. The minimum absolute atomic E-state index is 0.227. The Morgan fingerprint density at radius 3 is 3.06 bits per heavy atom. The van der Waals surface area contributed by atoms with E-state index in [9.17, 15) is 4.79 Å². The first-order valence-corrected chi connectivity index (χ1v) is 7.08. The zero-order valence-electron chi connectivity index (χ0n) is 10.9. The molecule has 2 heteroatoms. The van der Waals surface area contributed by atoms with Gasteiger partial charge in [0.15, 0.2) is 5.78 Å². The van der Waals surface area contributed by atoms with E-state index in [1.54, 1.807) is 0 Å². The molecule has 1 aliphatic heterocycles. The summed E-state index contributed by atoms with van der Waals surface area (Å²) < 4.78 is 5.64. The number of hydrogen-bond donors (Lipinski definition) is 0. The molecule has 0 N–H and O–H groups in total. The highest BCUT2D eigenvalue weighted by molar-refractivity contribution is 6.01. The predicted molar refractivity (Wildman–Crippen MR) is 71.1 cm³/mol. The number of ether oxygens (including phenoxy) is 1. The lowest BCUT2D eigenvalue weighted by molar-refractivity contribution is 0.0916. The third-order valence-corrected chi connectivity index (χ3v) is 4.47. The van der Waals surface area contributed by atoms with Crippen molar-refractivity contribution in [2.45, 2.75) is 39.0 Å². The van der Waals surface area contributed by atoms with Crippen molar-refractivity contribution in [1.82, 2.24) is 0 Å². The number of hydrogen-bond acceptors (Lipinski definition) is 2. The van der Waals surface area contributed by atoms with Crippen molar-refractivity contribution in [3.63, 3.8) is 0 Å². The van der Waals surface area contributed by atoms with Gasteiger partial charge in [-0.15, -0.1) is 0 Å². The summed E-state index contributed by atoms with van der Waals surface area (Å²) in [5.74, 6) is 2.15. The molecular formula is C16H20O2. The maximum atomic E-state index is 12.6. The van der Waals surface area contributed by atoms with E-state index >= 15 is 0 Å². The fourth-order valence-electron chi connectivity index (χ4n) is 3.31. The van der Waals surface area contributed by atoms with Crippen molar-refractivity contribution in [1.29, 1.82) is 0 Å². The van der Waals surface area contributed by atoms with Gasteiger partial charge in [-0.1, -0.05) is 25.5 Å². The van der Waals surface area contributed by atoms with Crippen molar-refractivity contribution in [3.8, 4) is 5.75 Å².